The van der Waals surface area contributed by atoms with Gasteiger partial charge in [0.05, 0.1) is 5.92 Å². The Balaban J connectivity index is 1.43. The Labute approximate surface area is 203 Å². The van der Waals surface area contributed by atoms with Gasteiger partial charge in [0, 0.05) is 35.9 Å². The van der Waals surface area contributed by atoms with Crippen LogP contribution in [0.4, 0.5) is 16.0 Å². The molecule has 4 rings (SSSR count). The SMILES string of the molecule is CC(C(=O)Nc1cc(C2CC2)[nH]n1)c1cccc(-c2ccc(NC(=O)/C=C/CN(C)C)nc2F)c1. The lowest BCUT2D eigenvalue weighted by molar-refractivity contribution is -0.117. The second kappa shape index (κ2) is 10.6. The van der Waals surface area contributed by atoms with E-state index in [4.69, 9.17) is 0 Å². The number of anilines is 2. The third kappa shape index (κ3) is 6.39. The molecule has 9 heteroatoms. The molecule has 0 saturated heterocycles. The summed E-state index contributed by atoms with van der Waals surface area (Å²) in [5, 5.41) is 12.5. The topological polar surface area (TPSA) is 103 Å². The lowest BCUT2D eigenvalue weighted by Crippen LogP contribution is -2.19. The van der Waals surface area contributed by atoms with Gasteiger partial charge in [-0.25, -0.2) is 4.98 Å². The smallest absolute Gasteiger partial charge is 0.249 e. The summed E-state index contributed by atoms with van der Waals surface area (Å²) in [6, 6.07) is 12.1. The Bertz CT molecular complexity index is 1250. The Hall–Kier alpha value is -3.85. The van der Waals surface area contributed by atoms with Gasteiger partial charge < -0.3 is 15.5 Å². The Morgan fingerprint density at radius 2 is 1.97 bits per heavy atom. The number of halogens is 1. The van der Waals surface area contributed by atoms with Gasteiger partial charge in [-0.2, -0.15) is 9.49 Å². The molecule has 2 heterocycles. The first kappa shape index (κ1) is 24.3. The van der Waals surface area contributed by atoms with Crippen molar-refractivity contribution < 1.29 is 14.0 Å². The van der Waals surface area contributed by atoms with E-state index >= 15 is 0 Å². The summed E-state index contributed by atoms with van der Waals surface area (Å²) in [5.74, 6) is -0.615. The first-order valence-corrected chi connectivity index (χ1v) is 11.6. The number of hydrogen-bond acceptors (Lipinski definition) is 5. The van der Waals surface area contributed by atoms with Crippen molar-refractivity contribution in [1.82, 2.24) is 20.1 Å². The molecule has 1 aromatic carbocycles. The molecule has 1 unspecified atom stereocenters. The van der Waals surface area contributed by atoms with Gasteiger partial charge in [-0.15, -0.1) is 0 Å². The summed E-state index contributed by atoms with van der Waals surface area (Å²) in [4.78, 5) is 30.6. The molecule has 3 aromatic rings. The first-order chi connectivity index (χ1) is 16.8. The number of rotatable bonds is 9. The van der Waals surface area contributed by atoms with E-state index in [9.17, 15) is 14.0 Å². The zero-order valence-electron chi connectivity index (χ0n) is 20.0. The molecule has 1 aliphatic carbocycles. The number of aromatic amines is 1. The van der Waals surface area contributed by atoms with Crippen molar-refractivity contribution in [2.75, 3.05) is 31.3 Å². The molecule has 1 aliphatic rings. The minimum atomic E-state index is -0.710. The van der Waals surface area contributed by atoms with Crippen LogP contribution in [0.1, 0.15) is 42.9 Å². The third-order valence-corrected chi connectivity index (χ3v) is 5.80. The lowest BCUT2D eigenvalue weighted by Gasteiger charge is -2.13. The number of amides is 2. The molecule has 0 spiro atoms. The summed E-state index contributed by atoms with van der Waals surface area (Å²) in [5.41, 5.74) is 2.65. The van der Waals surface area contributed by atoms with Gasteiger partial charge in [0.25, 0.3) is 0 Å². The van der Waals surface area contributed by atoms with Crippen LogP contribution in [0.3, 0.4) is 0 Å². The molecule has 2 amide bonds. The zero-order chi connectivity index (χ0) is 24.9. The second-order valence-corrected chi connectivity index (χ2v) is 9.01. The van der Waals surface area contributed by atoms with E-state index in [1.807, 2.05) is 31.1 Å². The minimum Gasteiger partial charge on any atom is -0.309 e. The van der Waals surface area contributed by atoms with Crippen molar-refractivity contribution in [3.05, 3.63) is 71.8 Å². The second-order valence-electron chi connectivity index (χ2n) is 9.01. The van der Waals surface area contributed by atoms with Crippen LogP contribution >= 0.6 is 0 Å². The van der Waals surface area contributed by atoms with E-state index in [0.717, 1.165) is 24.1 Å². The maximum absolute atomic E-state index is 14.8. The number of carbonyl (C=O) groups excluding carboxylic acids is 2. The molecule has 1 atom stereocenters. The summed E-state index contributed by atoms with van der Waals surface area (Å²) in [7, 11) is 3.79. The van der Waals surface area contributed by atoms with Gasteiger partial charge in [-0.3, -0.25) is 14.7 Å². The molecular formula is C26H29FN6O2. The van der Waals surface area contributed by atoms with Crippen LogP contribution in [0.2, 0.25) is 0 Å². The number of hydrogen-bond donors (Lipinski definition) is 3. The molecule has 3 N–H and O–H groups in total. The average Bonchev–Trinajstić information content (AvgIpc) is 3.57. The predicted octanol–water partition coefficient (Wildman–Crippen LogP) is 4.29. The van der Waals surface area contributed by atoms with Gasteiger partial charge in [0.2, 0.25) is 17.8 Å². The van der Waals surface area contributed by atoms with Crippen LogP contribution in [0.25, 0.3) is 11.1 Å². The van der Waals surface area contributed by atoms with Crippen molar-refractivity contribution in [2.24, 2.45) is 0 Å². The van der Waals surface area contributed by atoms with E-state index in [-0.39, 0.29) is 23.2 Å². The Kier molecular flexibility index (Phi) is 7.36. The van der Waals surface area contributed by atoms with Crippen LogP contribution in [0.5, 0.6) is 0 Å². The van der Waals surface area contributed by atoms with Crippen LogP contribution in [-0.4, -0.2) is 52.5 Å². The highest BCUT2D eigenvalue weighted by Crippen LogP contribution is 2.39. The standard InChI is InChI=1S/C26H29FN6O2/c1-16(26(35)30-23-15-21(31-32-23)17-9-10-17)18-6-4-7-19(14-18)20-11-12-22(29-25(20)27)28-24(34)8-5-13-33(2)3/h4-8,11-12,14-17H,9-10,13H2,1-3H3,(H,28,29,34)(H2,30,31,32,35)/b8-5+. The van der Waals surface area contributed by atoms with Crippen molar-refractivity contribution in [1.29, 1.82) is 0 Å². The van der Waals surface area contributed by atoms with Gasteiger partial charge in [-0.05, 0) is 57.1 Å². The van der Waals surface area contributed by atoms with Crippen molar-refractivity contribution >= 4 is 23.5 Å². The fourth-order valence-electron chi connectivity index (χ4n) is 3.62. The predicted molar refractivity (Wildman–Crippen MR) is 134 cm³/mol. The average molecular weight is 477 g/mol. The number of H-pyrrole nitrogens is 1. The normalized spacial score (nSPS) is 14.3. The Morgan fingerprint density at radius 1 is 1.17 bits per heavy atom. The number of likely N-dealkylation sites (N-methyl/N-ethyl adjacent to an activating group) is 1. The molecular weight excluding hydrogens is 447 g/mol. The molecule has 1 saturated carbocycles. The molecule has 1 fully saturated rings. The van der Waals surface area contributed by atoms with Crippen LogP contribution in [-0.2, 0) is 9.59 Å². The summed E-state index contributed by atoms with van der Waals surface area (Å²) in [6.45, 7) is 2.41. The monoisotopic (exact) mass is 476 g/mol. The summed E-state index contributed by atoms with van der Waals surface area (Å²) < 4.78 is 14.8. The molecule has 0 bridgehead atoms. The van der Waals surface area contributed by atoms with Crippen molar-refractivity contribution in [3.63, 3.8) is 0 Å². The van der Waals surface area contributed by atoms with Gasteiger partial charge in [0.1, 0.15) is 5.82 Å². The number of nitrogens with one attached hydrogen (secondary N) is 3. The summed E-state index contributed by atoms with van der Waals surface area (Å²) >= 11 is 0. The molecule has 0 aliphatic heterocycles. The number of carbonyl (C=O) groups is 2. The number of pyridine rings is 1. The van der Waals surface area contributed by atoms with Crippen molar-refractivity contribution in [2.45, 2.75) is 31.6 Å². The van der Waals surface area contributed by atoms with E-state index in [0.29, 0.717) is 23.8 Å². The first-order valence-electron chi connectivity index (χ1n) is 11.6. The third-order valence-electron chi connectivity index (χ3n) is 5.80. The maximum atomic E-state index is 14.8. The molecule has 0 radical (unpaired) electrons. The largest absolute Gasteiger partial charge is 0.309 e. The Morgan fingerprint density at radius 3 is 2.69 bits per heavy atom. The quantitative estimate of drug-likeness (QED) is 0.316. The van der Waals surface area contributed by atoms with Gasteiger partial charge in [-0.1, -0.05) is 30.3 Å². The highest BCUT2D eigenvalue weighted by atomic mass is 19.1. The fraction of sp³-hybridized carbons (Fsp3) is 0.308. The highest BCUT2D eigenvalue weighted by molar-refractivity contribution is 5.98. The van der Waals surface area contributed by atoms with Crippen molar-refractivity contribution in [3.8, 4) is 11.1 Å². The number of aromatic nitrogens is 3. The van der Waals surface area contributed by atoms with Crippen LogP contribution < -0.4 is 10.6 Å². The number of benzene rings is 1. The fourth-order valence-corrected chi connectivity index (χ4v) is 3.62. The molecule has 8 nitrogen and oxygen atoms in total. The zero-order valence-corrected chi connectivity index (χ0v) is 20.0. The van der Waals surface area contributed by atoms with Gasteiger partial charge >= 0.3 is 0 Å². The van der Waals surface area contributed by atoms with Crippen LogP contribution in [0.15, 0.2) is 54.6 Å². The lowest BCUT2D eigenvalue weighted by atomic mass is 9.96. The highest BCUT2D eigenvalue weighted by Gasteiger charge is 2.26. The van der Waals surface area contributed by atoms with Crippen LogP contribution in [0, 0.1) is 5.95 Å². The molecule has 35 heavy (non-hydrogen) atoms. The van der Waals surface area contributed by atoms with Gasteiger partial charge in [0.15, 0.2) is 5.82 Å². The molecule has 2 aromatic heterocycles. The van der Waals surface area contributed by atoms with E-state index in [2.05, 4.69) is 25.8 Å². The maximum Gasteiger partial charge on any atom is 0.249 e. The minimum absolute atomic E-state index is 0.124. The summed E-state index contributed by atoms with van der Waals surface area (Å²) in [6.07, 6.45) is 5.39. The van der Waals surface area contributed by atoms with E-state index in [1.54, 1.807) is 43.3 Å². The number of nitrogens with zero attached hydrogens (tertiary/aromatic N) is 3. The molecule has 182 valence electrons. The van der Waals surface area contributed by atoms with E-state index < -0.39 is 11.9 Å². The van der Waals surface area contributed by atoms with E-state index in [1.165, 1.54) is 6.08 Å².